The van der Waals surface area contributed by atoms with Crippen molar-refractivity contribution in [2.24, 2.45) is 34.6 Å². The number of nitrogens with one attached hydrogen (secondary N) is 12. The van der Waals surface area contributed by atoms with Crippen LogP contribution in [0.1, 0.15) is 78.2 Å². The van der Waals surface area contributed by atoms with Crippen LogP contribution >= 0.6 is 11.6 Å². The van der Waals surface area contributed by atoms with Crippen LogP contribution in [0.4, 0.5) is 10.5 Å². The molecule has 2 aromatic rings. The molecule has 0 aliphatic carbocycles. The first kappa shape index (κ1) is 71.2. The number of rotatable bonds is 24. The number of benzene rings is 2. The van der Waals surface area contributed by atoms with E-state index in [9.17, 15) is 58.2 Å². The molecule has 0 spiro atoms. The quantitative estimate of drug-likeness (QED) is 0.0468. The van der Waals surface area contributed by atoms with Gasteiger partial charge in [0.05, 0.1) is 29.0 Å². The fourth-order valence-electron chi connectivity index (χ4n) is 8.87. The molecular weight excluding hydrogens is 1110 g/mol. The highest BCUT2D eigenvalue weighted by molar-refractivity contribution is 6.33. The molecule has 1 heterocycles. The first-order chi connectivity index (χ1) is 40.0. The monoisotopic (exact) mass is 1200 g/mol. The Morgan fingerprint density at radius 3 is 1.70 bits per heavy atom. The van der Waals surface area contributed by atoms with Gasteiger partial charge in [0.15, 0.2) is 0 Å². The van der Waals surface area contributed by atoms with Gasteiger partial charge in [-0.05, 0) is 115 Å². The molecule has 0 bridgehead atoms. The molecule has 0 saturated carbocycles. The normalized spacial score (nSPS) is 22.9. The first-order valence-electron chi connectivity index (χ1n) is 28.2. The minimum atomic E-state index is -1.74. The van der Waals surface area contributed by atoms with E-state index in [1.165, 1.54) is 26.0 Å². The van der Waals surface area contributed by atoms with Crippen LogP contribution in [0.5, 0.6) is 0 Å². The van der Waals surface area contributed by atoms with Crippen LogP contribution in [0.3, 0.4) is 0 Å². The second kappa shape index (κ2) is 37.3. The summed E-state index contributed by atoms with van der Waals surface area (Å²) in [6.45, 7) is 5.03. The summed E-state index contributed by atoms with van der Waals surface area (Å²) in [5.41, 5.74) is 30.4. The molecule has 11 amide bonds. The lowest BCUT2D eigenvalue weighted by molar-refractivity contribution is -0.136. The molecule has 24 N–H and O–H groups in total. The molecule has 1 aliphatic heterocycles. The van der Waals surface area contributed by atoms with E-state index in [0.29, 0.717) is 6.42 Å². The van der Waals surface area contributed by atoms with Gasteiger partial charge in [-0.15, -0.1) is 0 Å². The number of hydrogen-bond donors (Lipinski definition) is 19. The van der Waals surface area contributed by atoms with Crippen LogP contribution in [-0.4, -0.2) is 188 Å². The minimum absolute atomic E-state index is 0.0116. The number of anilines is 1. The molecule has 29 nitrogen and oxygen atoms in total. The van der Waals surface area contributed by atoms with Crippen molar-refractivity contribution in [2.45, 2.75) is 152 Å². The van der Waals surface area contributed by atoms with Crippen molar-refractivity contribution in [1.29, 1.82) is 0 Å². The molecule has 30 heteroatoms. The van der Waals surface area contributed by atoms with Gasteiger partial charge in [0.2, 0.25) is 53.2 Å². The number of hydrogen-bond acceptors (Lipinski definition) is 18. The lowest BCUT2D eigenvalue weighted by atomic mass is 9.96. The largest absolute Gasteiger partial charge is 0.391 e. The maximum absolute atomic E-state index is 14.5. The predicted octanol–water partition coefficient (Wildman–Crippen LogP) is -5.02. The number of aliphatic hydroxyl groups excluding tert-OH is 2. The van der Waals surface area contributed by atoms with Crippen LogP contribution in [0.2, 0.25) is 5.02 Å². The summed E-state index contributed by atoms with van der Waals surface area (Å²) in [7, 11) is 0. The van der Waals surface area contributed by atoms with E-state index in [-0.39, 0.29) is 94.4 Å². The third-order valence-electron chi connectivity index (χ3n) is 13.8. The van der Waals surface area contributed by atoms with Crippen molar-refractivity contribution < 1.29 is 58.2 Å². The van der Waals surface area contributed by atoms with Crippen LogP contribution < -0.4 is 92.5 Å². The summed E-state index contributed by atoms with van der Waals surface area (Å²) >= 11 is 6.16. The lowest BCUT2D eigenvalue weighted by Crippen LogP contribution is -2.62. The summed E-state index contributed by atoms with van der Waals surface area (Å²) in [4.78, 5) is 140. The Labute approximate surface area is 494 Å². The number of urea groups is 1. The number of carbonyl (C=O) groups excluding carboxylic acids is 10. The zero-order valence-electron chi connectivity index (χ0n) is 48.0. The summed E-state index contributed by atoms with van der Waals surface area (Å²) in [6, 6.07) is 0.982. The summed E-state index contributed by atoms with van der Waals surface area (Å²) in [5, 5.41) is 53.3. The number of halogens is 1. The van der Waals surface area contributed by atoms with Crippen LogP contribution in [0, 0.1) is 5.92 Å². The molecule has 1 saturated heterocycles. The standard InChI is InChI=1S/C54H88ClN17O12/c1-5-29(2)42-52(82)67-37(16-22-57)46(76)65-39(18-24-59)49(79)71-43(30(3)73)51(81)61-26-20-41(48(78)64-36(15-21-56)45(75)63-33(28-62-42)27-32-11-7-6-8-12-32)66-47(77)38(17-23-58)68-53(83)44(31(4)74)72-50(80)40(19-25-60)70-54(84)69-35-14-10-9-13-34(35)55/h6-14,29-31,33,36-44,62,73-74H,5,15-28,56-60H2,1-4H3,(H,61,81)(H,63,75)(H,64,78)(H,65,76)(H,66,77)(H,67,82)(H,68,83)(H,71,79)(H,72,80)(H2,69,70,84). The summed E-state index contributed by atoms with van der Waals surface area (Å²) in [6.07, 6.45) is -3.55. The Bertz CT molecular complexity index is 2480. The van der Waals surface area contributed by atoms with E-state index in [0.717, 1.165) is 5.56 Å². The molecule has 13 unspecified atom stereocenters. The average Bonchev–Trinajstić information content (AvgIpc) is 3.49. The Morgan fingerprint density at radius 2 is 1.15 bits per heavy atom. The highest BCUT2D eigenvalue weighted by atomic mass is 35.5. The molecule has 2 aromatic carbocycles. The fourth-order valence-corrected chi connectivity index (χ4v) is 9.05. The molecule has 0 aromatic heterocycles. The van der Waals surface area contributed by atoms with Crippen LogP contribution in [0.25, 0.3) is 0 Å². The smallest absolute Gasteiger partial charge is 0.319 e. The van der Waals surface area contributed by atoms with Crippen molar-refractivity contribution >= 4 is 76.5 Å². The zero-order chi connectivity index (χ0) is 62.5. The van der Waals surface area contributed by atoms with Gasteiger partial charge in [-0.25, -0.2) is 4.79 Å². The number of para-hydroxylation sites is 1. The predicted molar refractivity (Wildman–Crippen MR) is 314 cm³/mol. The SMILES string of the molecule is CCC(C)C1NCC(Cc2ccccc2)NC(=O)C(CCN)NC(=O)C(NC(=O)C(CCN)NC(=O)C(NC(=O)C(CCN)NC(=O)Nc2ccccc2Cl)C(C)O)CCNC(=O)C(C(C)O)NC(=O)C(CCN)NC(=O)C(CCN)NC1=O. The third kappa shape index (κ3) is 23.5. The molecule has 13 atom stereocenters. The maximum Gasteiger partial charge on any atom is 0.319 e. The van der Waals surface area contributed by atoms with Gasteiger partial charge >= 0.3 is 6.03 Å². The third-order valence-corrected chi connectivity index (χ3v) is 14.1. The van der Waals surface area contributed by atoms with Gasteiger partial charge < -0.3 is 103 Å². The van der Waals surface area contributed by atoms with E-state index >= 15 is 0 Å². The molecule has 3 rings (SSSR count). The van der Waals surface area contributed by atoms with Crippen LogP contribution in [-0.2, 0) is 49.6 Å². The topological polar surface area (TPSA) is 486 Å². The van der Waals surface area contributed by atoms with Gasteiger partial charge in [0, 0.05) is 19.1 Å². The fraction of sp³-hybridized carbons (Fsp3) is 0.593. The number of carbonyl (C=O) groups is 10. The molecule has 84 heavy (non-hydrogen) atoms. The van der Waals surface area contributed by atoms with Gasteiger partial charge in [-0.3, -0.25) is 43.2 Å². The Kier molecular flexibility index (Phi) is 31.6. The van der Waals surface area contributed by atoms with E-state index in [1.54, 1.807) is 24.3 Å². The summed E-state index contributed by atoms with van der Waals surface area (Å²) in [5.74, 6) is -8.30. The minimum Gasteiger partial charge on any atom is -0.391 e. The van der Waals surface area contributed by atoms with Crippen molar-refractivity contribution in [1.82, 2.24) is 58.5 Å². The maximum atomic E-state index is 14.5. The lowest BCUT2D eigenvalue weighted by Gasteiger charge is -2.30. The first-order valence-corrected chi connectivity index (χ1v) is 28.6. The van der Waals surface area contributed by atoms with E-state index in [4.69, 9.17) is 40.3 Å². The highest BCUT2D eigenvalue weighted by Crippen LogP contribution is 2.20. The number of amides is 11. The van der Waals surface area contributed by atoms with Gasteiger partial charge in [-0.2, -0.15) is 0 Å². The number of nitrogens with two attached hydrogens (primary N) is 5. The van der Waals surface area contributed by atoms with Crippen LogP contribution in [0.15, 0.2) is 54.6 Å². The van der Waals surface area contributed by atoms with Gasteiger partial charge in [0.1, 0.15) is 48.3 Å². The Balaban J connectivity index is 2.05. The molecule has 1 aliphatic rings. The second-order valence-corrected chi connectivity index (χ2v) is 20.9. The molecule has 0 radical (unpaired) electrons. The van der Waals surface area contributed by atoms with Crippen molar-refractivity contribution in [3.8, 4) is 0 Å². The molecular formula is C54H88ClN17O12. The molecule has 1 fully saturated rings. The van der Waals surface area contributed by atoms with E-state index < -0.39 is 145 Å². The van der Waals surface area contributed by atoms with Crippen molar-refractivity contribution in [2.75, 3.05) is 51.1 Å². The number of aliphatic hydroxyl groups is 2. The Morgan fingerprint density at radius 1 is 0.619 bits per heavy atom. The van der Waals surface area contributed by atoms with Gasteiger partial charge in [-0.1, -0.05) is 74.3 Å². The zero-order valence-corrected chi connectivity index (χ0v) is 48.8. The summed E-state index contributed by atoms with van der Waals surface area (Å²) < 4.78 is 0. The van der Waals surface area contributed by atoms with Gasteiger partial charge in [0.25, 0.3) is 0 Å². The highest BCUT2D eigenvalue weighted by Gasteiger charge is 2.37. The van der Waals surface area contributed by atoms with E-state index in [2.05, 4.69) is 63.8 Å². The average molecular weight is 1200 g/mol. The Hall–Kier alpha value is -7.09. The van der Waals surface area contributed by atoms with E-state index in [1.807, 2.05) is 32.0 Å². The second-order valence-electron chi connectivity index (χ2n) is 20.5. The van der Waals surface area contributed by atoms with Crippen molar-refractivity contribution in [3.05, 3.63) is 65.2 Å². The molecule has 468 valence electrons. The van der Waals surface area contributed by atoms with Crippen molar-refractivity contribution in [3.63, 3.8) is 0 Å².